The number of hydrogen-bond donors (Lipinski definition) is 1. The maximum atomic E-state index is 12.3. The number of ether oxygens (including phenoxy) is 1. The number of carbonyl (C=O) groups excluding carboxylic acids is 2. The third-order valence-corrected chi connectivity index (χ3v) is 4.77. The fourth-order valence-corrected chi connectivity index (χ4v) is 3.13. The summed E-state index contributed by atoms with van der Waals surface area (Å²) < 4.78 is 5.61. The van der Waals surface area contributed by atoms with Gasteiger partial charge in [-0.25, -0.2) is 0 Å². The molecule has 1 aliphatic heterocycles. The molecule has 1 N–H and O–H groups in total. The molecule has 27 heavy (non-hydrogen) atoms. The van der Waals surface area contributed by atoms with Crippen LogP contribution in [0.4, 0.5) is 5.69 Å². The van der Waals surface area contributed by atoms with Crippen molar-refractivity contribution in [3.8, 4) is 0 Å². The summed E-state index contributed by atoms with van der Waals surface area (Å²) in [6.45, 7) is 7.05. The number of nitrogens with zero attached hydrogens (tertiary/aromatic N) is 1. The maximum Gasteiger partial charge on any atom is 0.253 e. The molecule has 3 rings (SSSR count). The van der Waals surface area contributed by atoms with Crippen molar-refractivity contribution in [1.82, 2.24) is 5.32 Å². The lowest BCUT2D eigenvalue weighted by Gasteiger charge is -2.33. The standard InChI is InChI=1S/C22H26N2O3/c1-15(2)17-7-9-19(10-8-17)24-13-20(27-14-21(24)25)12-23-22(26)18-6-4-5-16(3)11-18/h4-11,15,20H,12-14H2,1-3H3,(H,23,26). The molecule has 0 aliphatic carbocycles. The molecule has 0 aromatic heterocycles. The quantitative estimate of drug-likeness (QED) is 0.883. The fraction of sp³-hybridized carbons (Fsp3) is 0.364. The first-order valence-electron chi connectivity index (χ1n) is 9.31. The van der Waals surface area contributed by atoms with Crippen LogP contribution in [0.5, 0.6) is 0 Å². The molecule has 0 spiro atoms. The van der Waals surface area contributed by atoms with E-state index in [0.29, 0.717) is 24.6 Å². The minimum absolute atomic E-state index is 0.0247. The molecule has 142 valence electrons. The number of benzene rings is 2. The molecular weight excluding hydrogens is 340 g/mol. The number of nitrogens with one attached hydrogen (secondary N) is 1. The third-order valence-electron chi connectivity index (χ3n) is 4.77. The number of hydrogen-bond acceptors (Lipinski definition) is 3. The van der Waals surface area contributed by atoms with E-state index in [4.69, 9.17) is 4.74 Å². The molecule has 1 saturated heterocycles. The van der Waals surface area contributed by atoms with Crippen molar-refractivity contribution in [2.24, 2.45) is 0 Å². The number of rotatable bonds is 5. The molecule has 0 saturated carbocycles. The predicted octanol–water partition coefficient (Wildman–Crippen LogP) is 3.28. The second-order valence-electron chi connectivity index (χ2n) is 7.26. The summed E-state index contributed by atoms with van der Waals surface area (Å²) in [6, 6.07) is 15.5. The number of morpholine rings is 1. The van der Waals surface area contributed by atoms with Gasteiger partial charge in [-0.2, -0.15) is 0 Å². The Hall–Kier alpha value is -2.66. The van der Waals surface area contributed by atoms with Gasteiger partial charge >= 0.3 is 0 Å². The fourth-order valence-electron chi connectivity index (χ4n) is 3.13. The Labute approximate surface area is 160 Å². The van der Waals surface area contributed by atoms with Gasteiger partial charge < -0.3 is 15.0 Å². The molecule has 0 bridgehead atoms. The highest BCUT2D eigenvalue weighted by atomic mass is 16.5. The molecule has 5 heteroatoms. The summed E-state index contributed by atoms with van der Waals surface area (Å²) in [7, 11) is 0. The van der Waals surface area contributed by atoms with Crippen molar-refractivity contribution < 1.29 is 14.3 Å². The van der Waals surface area contributed by atoms with E-state index in [2.05, 4.69) is 31.3 Å². The van der Waals surface area contributed by atoms with Crippen molar-refractivity contribution in [3.63, 3.8) is 0 Å². The molecular formula is C22H26N2O3. The Balaban J connectivity index is 1.61. The Morgan fingerprint density at radius 1 is 1.22 bits per heavy atom. The van der Waals surface area contributed by atoms with Crippen molar-refractivity contribution in [3.05, 3.63) is 65.2 Å². The Morgan fingerprint density at radius 3 is 2.63 bits per heavy atom. The summed E-state index contributed by atoms with van der Waals surface area (Å²) in [6.07, 6.45) is -0.235. The molecule has 5 nitrogen and oxygen atoms in total. The summed E-state index contributed by atoms with van der Waals surface area (Å²) in [5, 5.41) is 2.90. The van der Waals surface area contributed by atoms with Crippen LogP contribution in [0.25, 0.3) is 0 Å². The van der Waals surface area contributed by atoms with Crippen LogP contribution in [0.2, 0.25) is 0 Å². The molecule has 1 heterocycles. The monoisotopic (exact) mass is 366 g/mol. The topological polar surface area (TPSA) is 58.6 Å². The first kappa shape index (κ1) is 19.1. The Kier molecular flexibility index (Phi) is 5.91. The Morgan fingerprint density at radius 2 is 1.96 bits per heavy atom. The number of carbonyl (C=O) groups is 2. The van der Waals surface area contributed by atoms with Gasteiger partial charge in [-0.1, -0.05) is 43.7 Å². The first-order chi connectivity index (χ1) is 12.9. The second-order valence-corrected chi connectivity index (χ2v) is 7.26. The van der Waals surface area contributed by atoms with Gasteiger partial charge in [-0.15, -0.1) is 0 Å². The van der Waals surface area contributed by atoms with Crippen LogP contribution in [0, 0.1) is 6.92 Å². The van der Waals surface area contributed by atoms with Crippen LogP contribution in [0.3, 0.4) is 0 Å². The summed E-state index contributed by atoms with van der Waals surface area (Å²) in [5.41, 5.74) is 3.77. The second kappa shape index (κ2) is 8.35. The number of aryl methyl sites for hydroxylation is 1. The maximum absolute atomic E-state index is 12.3. The average Bonchev–Trinajstić information content (AvgIpc) is 2.67. The van der Waals surface area contributed by atoms with E-state index in [9.17, 15) is 9.59 Å². The van der Waals surface area contributed by atoms with E-state index < -0.39 is 0 Å². The smallest absolute Gasteiger partial charge is 0.253 e. The van der Waals surface area contributed by atoms with Crippen molar-refractivity contribution >= 4 is 17.5 Å². The van der Waals surface area contributed by atoms with Crippen LogP contribution in [0.1, 0.15) is 41.3 Å². The summed E-state index contributed by atoms with van der Waals surface area (Å²) in [5.74, 6) is 0.254. The predicted molar refractivity (Wildman–Crippen MR) is 106 cm³/mol. The van der Waals surface area contributed by atoms with Gasteiger partial charge in [-0.3, -0.25) is 9.59 Å². The van der Waals surface area contributed by atoms with Gasteiger partial charge in [0.15, 0.2) is 0 Å². The molecule has 2 aromatic carbocycles. The summed E-state index contributed by atoms with van der Waals surface area (Å²) in [4.78, 5) is 26.3. The largest absolute Gasteiger partial charge is 0.365 e. The van der Waals surface area contributed by atoms with Gasteiger partial charge in [0, 0.05) is 17.8 Å². The van der Waals surface area contributed by atoms with Gasteiger partial charge in [-0.05, 0) is 42.7 Å². The van der Waals surface area contributed by atoms with E-state index in [1.54, 1.807) is 11.0 Å². The zero-order chi connectivity index (χ0) is 19.4. The van der Waals surface area contributed by atoms with Gasteiger partial charge in [0.05, 0.1) is 12.6 Å². The van der Waals surface area contributed by atoms with E-state index in [1.807, 2.05) is 37.3 Å². The van der Waals surface area contributed by atoms with Crippen LogP contribution in [0.15, 0.2) is 48.5 Å². The van der Waals surface area contributed by atoms with Gasteiger partial charge in [0.2, 0.25) is 0 Å². The van der Waals surface area contributed by atoms with Crippen LogP contribution in [-0.2, 0) is 9.53 Å². The Bertz CT molecular complexity index is 815. The lowest BCUT2D eigenvalue weighted by molar-refractivity contribution is -0.129. The third kappa shape index (κ3) is 4.74. The highest BCUT2D eigenvalue weighted by Crippen LogP contribution is 2.22. The molecule has 1 fully saturated rings. The zero-order valence-corrected chi connectivity index (χ0v) is 16.1. The van der Waals surface area contributed by atoms with E-state index >= 15 is 0 Å². The molecule has 1 aliphatic rings. The van der Waals surface area contributed by atoms with Crippen molar-refractivity contribution in [1.29, 1.82) is 0 Å². The van der Waals surface area contributed by atoms with E-state index in [-0.39, 0.29) is 24.5 Å². The summed E-state index contributed by atoms with van der Waals surface area (Å²) >= 11 is 0. The van der Waals surface area contributed by atoms with Gasteiger partial charge in [0.25, 0.3) is 11.8 Å². The normalized spacial score (nSPS) is 17.3. The van der Waals surface area contributed by atoms with Crippen LogP contribution in [-0.4, -0.2) is 37.6 Å². The van der Waals surface area contributed by atoms with Crippen LogP contribution < -0.4 is 10.2 Å². The molecule has 1 atom stereocenters. The lowest BCUT2D eigenvalue weighted by atomic mass is 10.0. The minimum Gasteiger partial charge on any atom is -0.365 e. The van der Waals surface area contributed by atoms with E-state index in [1.165, 1.54) is 5.56 Å². The number of anilines is 1. The molecule has 1 unspecified atom stereocenters. The van der Waals surface area contributed by atoms with Crippen molar-refractivity contribution in [2.45, 2.75) is 32.8 Å². The molecule has 2 amide bonds. The molecule has 2 aromatic rings. The zero-order valence-electron chi connectivity index (χ0n) is 16.1. The van der Waals surface area contributed by atoms with Crippen molar-refractivity contribution in [2.75, 3.05) is 24.6 Å². The highest BCUT2D eigenvalue weighted by molar-refractivity contribution is 5.95. The van der Waals surface area contributed by atoms with E-state index in [0.717, 1.165) is 11.3 Å². The lowest BCUT2D eigenvalue weighted by Crippen LogP contribution is -2.50. The van der Waals surface area contributed by atoms with Crippen LogP contribution >= 0.6 is 0 Å². The van der Waals surface area contributed by atoms with Gasteiger partial charge in [0.1, 0.15) is 6.61 Å². The first-order valence-corrected chi connectivity index (χ1v) is 9.31. The highest BCUT2D eigenvalue weighted by Gasteiger charge is 2.27. The molecule has 0 radical (unpaired) electrons. The average molecular weight is 366 g/mol. The SMILES string of the molecule is Cc1cccc(C(=O)NCC2CN(c3ccc(C(C)C)cc3)C(=O)CO2)c1. The minimum atomic E-state index is -0.235. The number of amides is 2.